The van der Waals surface area contributed by atoms with Crippen LogP contribution >= 0.6 is 24.0 Å². The number of aliphatic imine (C=N–C) groups is 1. The third-order valence-electron chi connectivity index (χ3n) is 3.95. The lowest BCUT2D eigenvalue weighted by Crippen LogP contribution is -2.43. The summed E-state index contributed by atoms with van der Waals surface area (Å²) in [6, 6.07) is 0. The molecule has 1 atom stereocenters. The quantitative estimate of drug-likeness (QED) is 0.282. The standard InChI is InChI=1S/C14H28N4O3S.HI/c1-15-14(17-10-12-5-6-12)16-7-9-22(19,20)18-11-13-4-2-3-8-21-13;/h12-13,18H,2-11H2,1H3,(H2,15,16,17);1H. The van der Waals surface area contributed by atoms with Gasteiger partial charge in [-0.3, -0.25) is 4.99 Å². The molecule has 2 rings (SSSR count). The minimum absolute atomic E-state index is 0. The van der Waals surface area contributed by atoms with E-state index in [-0.39, 0.29) is 35.8 Å². The van der Waals surface area contributed by atoms with E-state index in [2.05, 4.69) is 20.3 Å². The van der Waals surface area contributed by atoms with E-state index in [0.717, 1.165) is 38.3 Å². The summed E-state index contributed by atoms with van der Waals surface area (Å²) in [5.41, 5.74) is 0. The Labute approximate surface area is 156 Å². The van der Waals surface area contributed by atoms with Crippen LogP contribution in [-0.2, 0) is 14.8 Å². The topological polar surface area (TPSA) is 91.8 Å². The summed E-state index contributed by atoms with van der Waals surface area (Å²) in [7, 11) is -1.59. The van der Waals surface area contributed by atoms with Gasteiger partial charge in [0.15, 0.2) is 5.96 Å². The molecule has 1 aliphatic carbocycles. The van der Waals surface area contributed by atoms with Gasteiger partial charge in [-0.2, -0.15) is 0 Å². The summed E-state index contributed by atoms with van der Waals surface area (Å²) in [6.45, 7) is 2.35. The summed E-state index contributed by atoms with van der Waals surface area (Å²) >= 11 is 0. The van der Waals surface area contributed by atoms with Gasteiger partial charge in [-0.15, -0.1) is 24.0 Å². The van der Waals surface area contributed by atoms with E-state index in [0.29, 0.717) is 19.0 Å². The van der Waals surface area contributed by atoms with Crippen LogP contribution in [0.4, 0.5) is 0 Å². The predicted molar refractivity (Wildman–Crippen MR) is 103 cm³/mol. The Hall–Kier alpha value is -0.130. The van der Waals surface area contributed by atoms with Gasteiger partial charge in [-0.05, 0) is 38.0 Å². The summed E-state index contributed by atoms with van der Waals surface area (Å²) in [6.07, 6.45) is 5.66. The third kappa shape index (κ3) is 9.06. The Balaban J connectivity index is 0.00000264. The summed E-state index contributed by atoms with van der Waals surface area (Å²) in [5.74, 6) is 1.45. The van der Waals surface area contributed by atoms with E-state index in [1.807, 2.05) is 0 Å². The van der Waals surface area contributed by atoms with Gasteiger partial charge in [-0.1, -0.05) is 0 Å². The Kier molecular flexibility index (Phi) is 9.71. The molecule has 2 fully saturated rings. The van der Waals surface area contributed by atoms with Crippen LogP contribution in [0.25, 0.3) is 0 Å². The largest absolute Gasteiger partial charge is 0.377 e. The van der Waals surface area contributed by atoms with Crippen molar-refractivity contribution in [2.75, 3.05) is 39.0 Å². The van der Waals surface area contributed by atoms with Crippen LogP contribution in [0.2, 0.25) is 0 Å². The number of hydrogen-bond acceptors (Lipinski definition) is 4. The van der Waals surface area contributed by atoms with Crippen LogP contribution in [-0.4, -0.2) is 59.5 Å². The predicted octanol–water partition coefficient (Wildman–Crippen LogP) is 0.668. The number of guanidine groups is 1. The Morgan fingerprint density at radius 3 is 2.57 bits per heavy atom. The summed E-state index contributed by atoms with van der Waals surface area (Å²) < 4.78 is 32.1. The SMILES string of the molecule is CN=C(NCCS(=O)(=O)NCC1CCCCO1)NCC1CC1.I. The van der Waals surface area contributed by atoms with Gasteiger partial charge in [-0.25, -0.2) is 13.1 Å². The molecule has 9 heteroatoms. The molecule has 136 valence electrons. The molecule has 2 aliphatic rings. The van der Waals surface area contributed by atoms with Crippen molar-refractivity contribution in [1.29, 1.82) is 0 Å². The first-order chi connectivity index (χ1) is 10.6. The second-order valence-electron chi connectivity index (χ2n) is 5.98. The lowest BCUT2D eigenvalue weighted by atomic mass is 10.1. The molecule has 0 aromatic carbocycles. The molecule has 0 amide bonds. The molecule has 1 heterocycles. The number of rotatable bonds is 8. The van der Waals surface area contributed by atoms with Gasteiger partial charge in [0.25, 0.3) is 0 Å². The van der Waals surface area contributed by atoms with Crippen LogP contribution in [0.15, 0.2) is 4.99 Å². The van der Waals surface area contributed by atoms with Gasteiger partial charge < -0.3 is 15.4 Å². The summed E-state index contributed by atoms with van der Waals surface area (Å²) in [5, 5.41) is 6.24. The van der Waals surface area contributed by atoms with E-state index in [4.69, 9.17) is 4.74 Å². The van der Waals surface area contributed by atoms with Crippen molar-refractivity contribution in [3.05, 3.63) is 0 Å². The van der Waals surface area contributed by atoms with Gasteiger partial charge in [0.2, 0.25) is 10.0 Å². The third-order valence-corrected chi connectivity index (χ3v) is 5.29. The van der Waals surface area contributed by atoms with E-state index in [1.54, 1.807) is 7.05 Å². The van der Waals surface area contributed by atoms with Gasteiger partial charge in [0, 0.05) is 33.3 Å². The van der Waals surface area contributed by atoms with Crippen molar-refractivity contribution < 1.29 is 13.2 Å². The Morgan fingerprint density at radius 1 is 1.17 bits per heavy atom. The highest BCUT2D eigenvalue weighted by Crippen LogP contribution is 2.27. The number of nitrogens with zero attached hydrogens (tertiary/aromatic N) is 1. The van der Waals surface area contributed by atoms with Crippen molar-refractivity contribution in [2.45, 2.75) is 38.2 Å². The van der Waals surface area contributed by atoms with Crippen molar-refractivity contribution in [2.24, 2.45) is 10.9 Å². The number of ether oxygens (including phenoxy) is 1. The van der Waals surface area contributed by atoms with Gasteiger partial charge in [0.1, 0.15) is 0 Å². The molecule has 1 unspecified atom stereocenters. The normalized spacial score (nSPS) is 22.3. The van der Waals surface area contributed by atoms with E-state index in [1.165, 1.54) is 12.8 Å². The van der Waals surface area contributed by atoms with Gasteiger partial charge in [0.05, 0.1) is 11.9 Å². The molecule has 1 aliphatic heterocycles. The zero-order valence-electron chi connectivity index (χ0n) is 13.7. The first-order valence-electron chi connectivity index (χ1n) is 8.12. The maximum Gasteiger partial charge on any atom is 0.213 e. The van der Waals surface area contributed by atoms with E-state index in [9.17, 15) is 8.42 Å². The number of sulfonamides is 1. The van der Waals surface area contributed by atoms with Gasteiger partial charge >= 0.3 is 0 Å². The molecule has 0 aromatic rings. The number of hydrogen-bond donors (Lipinski definition) is 3. The second kappa shape index (κ2) is 10.7. The van der Waals surface area contributed by atoms with Crippen LogP contribution < -0.4 is 15.4 Å². The number of nitrogens with one attached hydrogen (secondary N) is 3. The maximum atomic E-state index is 12.0. The van der Waals surface area contributed by atoms with Crippen molar-refractivity contribution in [1.82, 2.24) is 15.4 Å². The fourth-order valence-electron chi connectivity index (χ4n) is 2.35. The molecule has 0 radical (unpaired) electrons. The Morgan fingerprint density at radius 2 is 1.96 bits per heavy atom. The van der Waals surface area contributed by atoms with Crippen LogP contribution in [0.1, 0.15) is 32.1 Å². The molecule has 3 N–H and O–H groups in total. The zero-order chi connectivity index (χ0) is 15.8. The molecular weight excluding hydrogens is 431 g/mol. The van der Waals surface area contributed by atoms with E-state index < -0.39 is 10.0 Å². The highest BCUT2D eigenvalue weighted by atomic mass is 127. The first kappa shape index (κ1) is 20.9. The fourth-order valence-corrected chi connectivity index (χ4v) is 3.30. The monoisotopic (exact) mass is 460 g/mol. The average molecular weight is 460 g/mol. The lowest BCUT2D eigenvalue weighted by molar-refractivity contribution is 0.0200. The molecular formula is C14H29IN4O3S. The van der Waals surface area contributed by atoms with Crippen molar-refractivity contribution >= 4 is 40.0 Å². The number of halogens is 1. The Bertz CT molecular complexity index is 463. The van der Waals surface area contributed by atoms with Crippen LogP contribution in [0.5, 0.6) is 0 Å². The zero-order valence-corrected chi connectivity index (χ0v) is 16.9. The highest BCUT2D eigenvalue weighted by Gasteiger charge is 2.21. The molecule has 7 nitrogen and oxygen atoms in total. The van der Waals surface area contributed by atoms with E-state index >= 15 is 0 Å². The first-order valence-corrected chi connectivity index (χ1v) is 9.78. The maximum absolute atomic E-state index is 12.0. The smallest absolute Gasteiger partial charge is 0.213 e. The molecule has 1 saturated carbocycles. The van der Waals surface area contributed by atoms with Crippen LogP contribution in [0, 0.1) is 5.92 Å². The molecule has 1 saturated heterocycles. The molecule has 0 aromatic heterocycles. The minimum Gasteiger partial charge on any atom is -0.377 e. The molecule has 0 spiro atoms. The molecule has 0 bridgehead atoms. The average Bonchev–Trinajstić information content (AvgIpc) is 3.34. The van der Waals surface area contributed by atoms with Crippen molar-refractivity contribution in [3.8, 4) is 0 Å². The van der Waals surface area contributed by atoms with Crippen molar-refractivity contribution in [3.63, 3.8) is 0 Å². The summed E-state index contributed by atoms with van der Waals surface area (Å²) in [4.78, 5) is 4.09. The minimum atomic E-state index is -3.28. The highest BCUT2D eigenvalue weighted by molar-refractivity contribution is 14.0. The fraction of sp³-hybridized carbons (Fsp3) is 0.929. The molecule has 23 heavy (non-hydrogen) atoms. The lowest BCUT2D eigenvalue weighted by Gasteiger charge is -2.22. The van der Waals surface area contributed by atoms with Crippen LogP contribution in [0.3, 0.4) is 0 Å². The second-order valence-corrected chi connectivity index (χ2v) is 7.91.